The summed E-state index contributed by atoms with van der Waals surface area (Å²) in [5.41, 5.74) is 4.61. The lowest BCUT2D eigenvalue weighted by Gasteiger charge is -2.15. The van der Waals surface area contributed by atoms with Crippen LogP contribution in [-0.4, -0.2) is 0 Å². The van der Waals surface area contributed by atoms with Crippen LogP contribution in [0.15, 0.2) is 34.9 Å². The van der Waals surface area contributed by atoms with E-state index in [9.17, 15) is 0 Å². The molecule has 1 unspecified atom stereocenters. The van der Waals surface area contributed by atoms with Gasteiger partial charge in [-0.05, 0) is 30.7 Å². The molecule has 0 saturated carbocycles. The molecule has 3 N–H and O–H groups in total. The Morgan fingerprint density at radius 1 is 1.18 bits per heavy atom. The monoisotopic (exact) mass is 270 g/mol. The average Bonchev–Trinajstić information content (AvgIpc) is 2.71. The van der Waals surface area contributed by atoms with Gasteiger partial charge < -0.3 is 4.42 Å². The number of hydrogen-bond acceptors (Lipinski definition) is 3. The van der Waals surface area contributed by atoms with Crippen molar-refractivity contribution >= 4 is 23.2 Å². The molecule has 0 aliphatic carbocycles. The van der Waals surface area contributed by atoms with Gasteiger partial charge in [0.05, 0.1) is 22.4 Å². The molecule has 0 aliphatic heterocycles. The van der Waals surface area contributed by atoms with Crippen molar-refractivity contribution in [2.45, 2.75) is 13.0 Å². The van der Waals surface area contributed by atoms with Crippen LogP contribution in [0.5, 0.6) is 0 Å². The van der Waals surface area contributed by atoms with Crippen molar-refractivity contribution in [2.75, 3.05) is 0 Å². The first kappa shape index (κ1) is 12.5. The maximum atomic E-state index is 5.98. The Kier molecular flexibility index (Phi) is 3.74. The van der Waals surface area contributed by atoms with E-state index in [-0.39, 0.29) is 6.04 Å². The highest BCUT2D eigenvalue weighted by Crippen LogP contribution is 2.29. The highest BCUT2D eigenvalue weighted by atomic mass is 35.5. The Morgan fingerprint density at radius 2 is 1.94 bits per heavy atom. The van der Waals surface area contributed by atoms with Gasteiger partial charge in [0.2, 0.25) is 0 Å². The summed E-state index contributed by atoms with van der Waals surface area (Å²) in [5, 5.41) is 1.03. The summed E-state index contributed by atoms with van der Waals surface area (Å²) in [4.78, 5) is 0. The SMILES string of the molecule is Cc1cc(C(NN)c2ccc(Cl)c(Cl)c2)co1. The lowest BCUT2D eigenvalue weighted by Crippen LogP contribution is -2.28. The van der Waals surface area contributed by atoms with Gasteiger partial charge in [-0.1, -0.05) is 29.3 Å². The topological polar surface area (TPSA) is 51.2 Å². The largest absolute Gasteiger partial charge is 0.469 e. The molecule has 1 aromatic heterocycles. The summed E-state index contributed by atoms with van der Waals surface area (Å²) >= 11 is 11.9. The van der Waals surface area contributed by atoms with Crippen molar-refractivity contribution in [1.82, 2.24) is 5.43 Å². The van der Waals surface area contributed by atoms with E-state index in [1.54, 1.807) is 18.4 Å². The molecule has 1 aromatic carbocycles. The van der Waals surface area contributed by atoms with Crippen LogP contribution in [0, 0.1) is 6.92 Å². The fourth-order valence-electron chi connectivity index (χ4n) is 1.69. The number of benzene rings is 1. The van der Waals surface area contributed by atoms with E-state index in [2.05, 4.69) is 5.43 Å². The average molecular weight is 271 g/mol. The fourth-order valence-corrected chi connectivity index (χ4v) is 2.00. The lowest BCUT2D eigenvalue weighted by molar-refractivity contribution is 0.526. The molecule has 0 saturated heterocycles. The minimum atomic E-state index is -0.165. The second kappa shape index (κ2) is 5.10. The molecule has 3 nitrogen and oxygen atoms in total. The number of halogens is 2. The Balaban J connectivity index is 2.38. The van der Waals surface area contributed by atoms with Crippen LogP contribution < -0.4 is 11.3 Å². The first-order valence-corrected chi connectivity index (χ1v) is 5.83. The van der Waals surface area contributed by atoms with Crippen molar-refractivity contribution < 1.29 is 4.42 Å². The molecule has 0 fully saturated rings. The van der Waals surface area contributed by atoms with Crippen molar-refractivity contribution in [2.24, 2.45) is 5.84 Å². The zero-order valence-electron chi connectivity index (χ0n) is 9.21. The van der Waals surface area contributed by atoms with Crippen LogP contribution in [0.3, 0.4) is 0 Å². The van der Waals surface area contributed by atoms with Gasteiger partial charge >= 0.3 is 0 Å². The molecule has 5 heteroatoms. The summed E-state index contributed by atoms with van der Waals surface area (Å²) < 4.78 is 5.27. The number of hydrogen-bond donors (Lipinski definition) is 2. The Hall–Kier alpha value is -1.00. The Morgan fingerprint density at radius 3 is 2.47 bits per heavy atom. The van der Waals surface area contributed by atoms with Gasteiger partial charge in [-0.25, -0.2) is 5.43 Å². The standard InChI is InChI=1S/C12H12Cl2N2O/c1-7-4-9(6-17-7)12(16-15)8-2-3-10(13)11(14)5-8/h2-6,12,16H,15H2,1H3. The maximum Gasteiger partial charge on any atom is 0.101 e. The quantitative estimate of drug-likeness (QED) is 0.664. The van der Waals surface area contributed by atoms with Gasteiger partial charge in [-0.15, -0.1) is 0 Å². The smallest absolute Gasteiger partial charge is 0.101 e. The molecule has 17 heavy (non-hydrogen) atoms. The van der Waals surface area contributed by atoms with Gasteiger partial charge in [-0.3, -0.25) is 5.84 Å². The number of furan rings is 1. The minimum Gasteiger partial charge on any atom is -0.469 e. The van der Waals surface area contributed by atoms with Crippen LogP contribution in [-0.2, 0) is 0 Å². The molecular formula is C12H12Cl2N2O. The van der Waals surface area contributed by atoms with E-state index in [4.69, 9.17) is 33.5 Å². The Labute approximate surface area is 109 Å². The highest BCUT2D eigenvalue weighted by molar-refractivity contribution is 6.42. The summed E-state index contributed by atoms with van der Waals surface area (Å²) in [6, 6.07) is 7.17. The summed E-state index contributed by atoms with van der Waals surface area (Å²) in [5.74, 6) is 6.40. The van der Waals surface area contributed by atoms with Crippen LogP contribution in [0.25, 0.3) is 0 Å². The van der Waals surface area contributed by atoms with Crippen LogP contribution in [0.2, 0.25) is 10.0 Å². The summed E-state index contributed by atoms with van der Waals surface area (Å²) in [7, 11) is 0. The fraction of sp³-hybridized carbons (Fsp3) is 0.167. The molecule has 0 amide bonds. The van der Waals surface area contributed by atoms with Gasteiger partial charge in [-0.2, -0.15) is 0 Å². The molecule has 2 aromatic rings. The van der Waals surface area contributed by atoms with Gasteiger partial charge in [0.15, 0.2) is 0 Å². The molecule has 0 aliphatic rings. The van der Waals surface area contributed by atoms with Crippen LogP contribution >= 0.6 is 23.2 Å². The first-order valence-electron chi connectivity index (χ1n) is 5.08. The summed E-state index contributed by atoms with van der Waals surface area (Å²) in [6.07, 6.45) is 1.67. The number of aryl methyl sites for hydroxylation is 1. The number of nitrogens with two attached hydrogens (primary N) is 1. The second-order valence-corrected chi connectivity index (χ2v) is 4.58. The first-order chi connectivity index (χ1) is 8.11. The molecule has 0 spiro atoms. The van der Waals surface area contributed by atoms with E-state index in [0.717, 1.165) is 16.9 Å². The number of nitrogens with one attached hydrogen (secondary N) is 1. The molecular weight excluding hydrogens is 259 g/mol. The third kappa shape index (κ3) is 2.64. The van der Waals surface area contributed by atoms with Crippen LogP contribution in [0.1, 0.15) is 22.9 Å². The van der Waals surface area contributed by atoms with Gasteiger partial charge in [0.25, 0.3) is 0 Å². The molecule has 0 radical (unpaired) electrons. The van der Waals surface area contributed by atoms with E-state index in [1.807, 2.05) is 19.1 Å². The normalized spacial score (nSPS) is 12.7. The minimum absolute atomic E-state index is 0.165. The Bertz CT molecular complexity index is 525. The van der Waals surface area contributed by atoms with Gasteiger partial charge in [0.1, 0.15) is 5.76 Å². The predicted molar refractivity (Wildman–Crippen MR) is 69.1 cm³/mol. The van der Waals surface area contributed by atoms with Crippen molar-refractivity contribution in [1.29, 1.82) is 0 Å². The third-order valence-electron chi connectivity index (χ3n) is 2.53. The maximum absolute atomic E-state index is 5.98. The zero-order valence-corrected chi connectivity index (χ0v) is 10.7. The lowest BCUT2D eigenvalue weighted by atomic mass is 10.0. The number of hydrazine groups is 1. The summed E-state index contributed by atoms with van der Waals surface area (Å²) in [6.45, 7) is 1.88. The number of rotatable bonds is 3. The van der Waals surface area contributed by atoms with E-state index in [0.29, 0.717) is 10.0 Å². The zero-order chi connectivity index (χ0) is 12.4. The molecule has 1 heterocycles. The second-order valence-electron chi connectivity index (χ2n) is 3.76. The van der Waals surface area contributed by atoms with Crippen molar-refractivity contribution in [3.05, 3.63) is 57.5 Å². The predicted octanol–water partition coefficient (Wildman–Crippen LogP) is 3.45. The molecule has 2 rings (SSSR count). The van der Waals surface area contributed by atoms with Crippen LogP contribution in [0.4, 0.5) is 0 Å². The van der Waals surface area contributed by atoms with Crippen molar-refractivity contribution in [3.8, 4) is 0 Å². The molecule has 90 valence electrons. The van der Waals surface area contributed by atoms with Crippen molar-refractivity contribution in [3.63, 3.8) is 0 Å². The highest BCUT2D eigenvalue weighted by Gasteiger charge is 2.15. The molecule has 0 bridgehead atoms. The molecule has 1 atom stereocenters. The van der Waals surface area contributed by atoms with E-state index >= 15 is 0 Å². The van der Waals surface area contributed by atoms with E-state index in [1.165, 1.54) is 0 Å². The third-order valence-corrected chi connectivity index (χ3v) is 3.27. The van der Waals surface area contributed by atoms with Gasteiger partial charge in [0, 0.05) is 5.56 Å². The van der Waals surface area contributed by atoms with E-state index < -0.39 is 0 Å².